The number of likely N-dealkylation sites (tertiary alicyclic amines) is 1. The molecule has 150 valence electrons. The first-order valence-electron chi connectivity index (χ1n) is 10.4. The van der Waals surface area contributed by atoms with E-state index in [1.807, 2.05) is 21.7 Å². The zero-order valence-electron chi connectivity index (χ0n) is 16.6. The summed E-state index contributed by atoms with van der Waals surface area (Å²) < 4.78 is 7.32. The van der Waals surface area contributed by atoms with E-state index in [4.69, 9.17) is 10.5 Å². The zero-order valence-corrected chi connectivity index (χ0v) is 16.6. The van der Waals surface area contributed by atoms with E-state index in [0.29, 0.717) is 12.5 Å². The Morgan fingerprint density at radius 1 is 1.25 bits per heavy atom. The number of aryl methyl sites for hydroxylation is 1. The lowest BCUT2D eigenvalue weighted by Crippen LogP contribution is -2.39. The molecule has 6 nitrogen and oxygen atoms in total. The third-order valence-corrected chi connectivity index (χ3v) is 6.26. The number of ether oxygens (including phenoxy) is 1. The van der Waals surface area contributed by atoms with E-state index >= 15 is 0 Å². The maximum Gasteiger partial charge on any atom is 0.257 e. The number of methoxy groups -OCH3 is 1. The summed E-state index contributed by atoms with van der Waals surface area (Å²) in [7, 11) is 1.70. The van der Waals surface area contributed by atoms with Gasteiger partial charge in [0.1, 0.15) is 5.75 Å². The van der Waals surface area contributed by atoms with Crippen LogP contribution >= 0.6 is 0 Å². The molecule has 3 heterocycles. The summed E-state index contributed by atoms with van der Waals surface area (Å²) in [5, 5.41) is 4.46. The largest absolute Gasteiger partial charge is 0.497 e. The molecule has 4 rings (SSSR count). The van der Waals surface area contributed by atoms with Gasteiger partial charge in [-0.25, -0.2) is 0 Å². The van der Waals surface area contributed by atoms with Crippen molar-refractivity contribution in [2.24, 2.45) is 11.7 Å². The number of benzene rings is 1. The highest BCUT2D eigenvalue weighted by Crippen LogP contribution is 2.31. The van der Waals surface area contributed by atoms with E-state index in [1.54, 1.807) is 13.3 Å². The van der Waals surface area contributed by atoms with Gasteiger partial charge >= 0.3 is 0 Å². The van der Waals surface area contributed by atoms with Crippen molar-refractivity contribution in [3.05, 3.63) is 47.3 Å². The Morgan fingerprint density at radius 2 is 2.07 bits per heavy atom. The molecule has 0 spiro atoms. The summed E-state index contributed by atoms with van der Waals surface area (Å²) in [6, 6.07) is 8.30. The topological polar surface area (TPSA) is 73.4 Å². The standard InChI is InChI=1S/C22H30N4O2/c1-28-19-6-2-4-17(13-19)12-16-7-10-25(11-8-16)22(27)20-15-24-26-9-3-5-18(14-23)21(20)26/h2,4,6,13,15-16,18H,3,5,7-12,14,23H2,1H3. The fraction of sp³-hybridized carbons (Fsp3) is 0.545. The molecule has 0 aliphatic carbocycles. The first kappa shape index (κ1) is 19.0. The van der Waals surface area contributed by atoms with E-state index in [-0.39, 0.29) is 11.8 Å². The lowest BCUT2D eigenvalue weighted by atomic mass is 9.89. The molecule has 1 aromatic carbocycles. The van der Waals surface area contributed by atoms with Gasteiger partial charge in [0, 0.05) is 32.1 Å². The van der Waals surface area contributed by atoms with Crippen molar-refractivity contribution in [3.8, 4) is 5.75 Å². The quantitative estimate of drug-likeness (QED) is 0.863. The summed E-state index contributed by atoms with van der Waals surface area (Å²) in [5.74, 6) is 1.89. The van der Waals surface area contributed by atoms with Gasteiger partial charge in [0.05, 0.1) is 24.6 Å². The van der Waals surface area contributed by atoms with Crippen molar-refractivity contribution in [1.29, 1.82) is 0 Å². The average molecular weight is 383 g/mol. The van der Waals surface area contributed by atoms with Crippen LogP contribution in [0.2, 0.25) is 0 Å². The molecule has 1 atom stereocenters. The molecule has 2 aliphatic rings. The molecule has 1 unspecified atom stereocenters. The molecule has 1 aromatic heterocycles. The number of carbonyl (C=O) groups excluding carboxylic acids is 1. The Kier molecular flexibility index (Phi) is 5.67. The van der Waals surface area contributed by atoms with Crippen LogP contribution in [0.25, 0.3) is 0 Å². The fourth-order valence-corrected chi connectivity index (χ4v) is 4.67. The van der Waals surface area contributed by atoms with Gasteiger partial charge < -0.3 is 15.4 Å². The van der Waals surface area contributed by atoms with Crippen LogP contribution in [0.4, 0.5) is 0 Å². The summed E-state index contributed by atoms with van der Waals surface area (Å²) in [5.41, 5.74) is 9.09. The summed E-state index contributed by atoms with van der Waals surface area (Å²) >= 11 is 0. The van der Waals surface area contributed by atoms with Crippen molar-refractivity contribution in [1.82, 2.24) is 14.7 Å². The highest BCUT2D eigenvalue weighted by molar-refractivity contribution is 5.95. The normalized spacial score (nSPS) is 20.1. The third-order valence-electron chi connectivity index (χ3n) is 6.26. The third kappa shape index (κ3) is 3.78. The van der Waals surface area contributed by atoms with Crippen LogP contribution in [0.15, 0.2) is 30.5 Å². The molecule has 1 amide bonds. The number of piperidine rings is 1. The molecular weight excluding hydrogens is 352 g/mol. The predicted octanol–water partition coefficient (Wildman–Crippen LogP) is 2.82. The monoisotopic (exact) mass is 382 g/mol. The highest BCUT2D eigenvalue weighted by atomic mass is 16.5. The predicted molar refractivity (Wildman–Crippen MR) is 109 cm³/mol. The molecule has 0 radical (unpaired) electrons. The van der Waals surface area contributed by atoms with Crippen molar-refractivity contribution in [2.75, 3.05) is 26.7 Å². The Hall–Kier alpha value is -2.34. The smallest absolute Gasteiger partial charge is 0.257 e. The summed E-state index contributed by atoms with van der Waals surface area (Å²) in [6.45, 7) is 3.09. The number of aromatic nitrogens is 2. The molecule has 6 heteroatoms. The maximum atomic E-state index is 13.2. The summed E-state index contributed by atoms with van der Waals surface area (Å²) in [6.07, 6.45) is 7.00. The second-order valence-electron chi connectivity index (χ2n) is 8.03. The van der Waals surface area contributed by atoms with Gasteiger partial charge in [-0.15, -0.1) is 0 Å². The molecule has 1 fully saturated rings. The van der Waals surface area contributed by atoms with E-state index in [1.165, 1.54) is 5.56 Å². The van der Waals surface area contributed by atoms with Crippen LogP contribution in [0.3, 0.4) is 0 Å². The SMILES string of the molecule is COc1cccc(CC2CCN(C(=O)c3cnn4c3C(CN)CCC4)CC2)c1. The second kappa shape index (κ2) is 8.35. The summed E-state index contributed by atoms with van der Waals surface area (Å²) in [4.78, 5) is 15.2. The Labute approximate surface area is 166 Å². The molecule has 0 bridgehead atoms. The first-order chi connectivity index (χ1) is 13.7. The number of nitrogens with two attached hydrogens (primary N) is 1. The van der Waals surface area contributed by atoms with Crippen LogP contribution in [0.1, 0.15) is 53.2 Å². The molecule has 2 N–H and O–H groups in total. The van der Waals surface area contributed by atoms with Crippen molar-refractivity contribution >= 4 is 5.91 Å². The molecule has 2 aliphatic heterocycles. The Morgan fingerprint density at radius 3 is 2.82 bits per heavy atom. The van der Waals surface area contributed by atoms with E-state index < -0.39 is 0 Å². The zero-order chi connectivity index (χ0) is 19.5. The number of nitrogens with zero attached hydrogens (tertiary/aromatic N) is 3. The molecule has 0 saturated carbocycles. The minimum Gasteiger partial charge on any atom is -0.497 e. The van der Waals surface area contributed by atoms with Crippen LogP contribution in [0, 0.1) is 5.92 Å². The van der Waals surface area contributed by atoms with Crippen molar-refractivity contribution in [3.63, 3.8) is 0 Å². The number of hydrogen-bond donors (Lipinski definition) is 1. The lowest BCUT2D eigenvalue weighted by molar-refractivity contribution is 0.0688. The number of fused-ring (bicyclic) bond motifs is 1. The van der Waals surface area contributed by atoms with Gasteiger partial charge in [-0.05, 0) is 55.7 Å². The second-order valence-corrected chi connectivity index (χ2v) is 8.03. The Balaban J connectivity index is 1.39. The Bertz CT molecular complexity index is 824. The molecule has 1 saturated heterocycles. The first-order valence-corrected chi connectivity index (χ1v) is 10.4. The molecule has 2 aromatic rings. The van der Waals surface area contributed by atoms with Gasteiger partial charge in [0.25, 0.3) is 5.91 Å². The highest BCUT2D eigenvalue weighted by Gasteiger charge is 2.31. The van der Waals surface area contributed by atoms with Crippen LogP contribution < -0.4 is 10.5 Å². The minimum atomic E-state index is 0.126. The number of amides is 1. The van der Waals surface area contributed by atoms with Crippen molar-refractivity contribution < 1.29 is 9.53 Å². The van der Waals surface area contributed by atoms with Gasteiger partial charge in [-0.1, -0.05) is 12.1 Å². The number of carbonyl (C=O) groups is 1. The van der Waals surface area contributed by atoms with Gasteiger partial charge in [-0.3, -0.25) is 9.48 Å². The van der Waals surface area contributed by atoms with Crippen LogP contribution in [-0.4, -0.2) is 47.3 Å². The van der Waals surface area contributed by atoms with Crippen molar-refractivity contribution in [2.45, 2.75) is 44.6 Å². The maximum absolute atomic E-state index is 13.2. The van der Waals surface area contributed by atoms with E-state index in [0.717, 1.165) is 68.7 Å². The van der Waals surface area contributed by atoms with Crippen LogP contribution in [-0.2, 0) is 13.0 Å². The van der Waals surface area contributed by atoms with E-state index in [9.17, 15) is 4.79 Å². The molecule has 28 heavy (non-hydrogen) atoms. The minimum absolute atomic E-state index is 0.126. The number of hydrogen-bond acceptors (Lipinski definition) is 4. The number of rotatable bonds is 5. The van der Waals surface area contributed by atoms with Gasteiger partial charge in [0.2, 0.25) is 0 Å². The van der Waals surface area contributed by atoms with Gasteiger partial charge in [0.15, 0.2) is 0 Å². The van der Waals surface area contributed by atoms with E-state index in [2.05, 4.69) is 17.2 Å². The van der Waals surface area contributed by atoms with Crippen LogP contribution in [0.5, 0.6) is 5.75 Å². The van der Waals surface area contributed by atoms with Gasteiger partial charge in [-0.2, -0.15) is 5.10 Å². The molecular formula is C22H30N4O2. The lowest BCUT2D eigenvalue weighted by Gasteiger charge is -2.33. The fourth-order valence-electron chi connectivity index (χ4n) is 4.67. The average Bonchev–Trinajstić information content (AvgIpc) is 3.18.